The Morgan fingerprint density at radius 1 is 1.14 bits per heavy atom. The third kappa shape index (κ3) is 4.84. The molecule has 0 heterocycles. The lowest BCUT2D eigenvalue weighted by atomic mass is 10.1. The van der Waals surface area contributed by atoms with Crippen molar-refractivity contribution in [3.8, 4) is 5.75 Å². The van der Waals surface area contributed by atoms with E-state index in [4.69, 9.17) is 10.5 Å². The summed E-state index contributed by atoms with van der Waals surface area (Å²) in [6.07, 6.45) is 0. The summed E-state index contributed by atoms with van der Waals surface area (Å²) in [6.45, 7) is 4.81. The van der Waals surface area contributed by atoms with Gasteiger partial charge in [-0.25, -0.2) is 0 Å². The van der Waals surface area contributed by atoms with Crippen LogP contribution in [0.5, 0.6) is 5.75 Å². The van der Waals surface area contributed by atoms with E-state index in [2.05, 4.69) is 37.4 Å². The molecule has 21 heavy (non-hydrogen) atoms. The van der Waals surface area contributed by atoms with Crippen LogP contribution >= 0.6 is 0 Å². The predicted octanol–water partition coefficient (Wildman–Crippen LogP) is 2.78. The standard InChI is InChI=1S/C17H20N2O2/c1-12-6-13(2)8-14(7-12)10-19-15-4-3-5-16(9-15)21-11-17(18)20/h3-9,19H,10-11H2,1-2H3,(H2,18,20). The van der Waals surface area contributed by atoms with Crippen molar-refractivity contribution in [2.75, 3.05) is 11.9 Å². The highest BCUT2D eigenvalue weighted by Gasteiger charge is 2.00. The number of aryl methyl sites for hydroxylation is 2. The Labute approximate surface area is 124 Å². The molecule has 2 rings (SSSR count). The van der Waals surface area contributed by atoms with Crippen LogP contribution in [0.2, 0.25) is 0 Å². The number of anilines is 1. The normalized spacial score (nSPS) is 10.2. The molecule has 0 spiro atoms. The first-order valence-electron chi connectivity index (χ1n) is 6.85. The molecule has 3 N–H and O–H groups in total. The van der Waals surface area contributed by atoms with Crippen LogP contribution in [0.3, 0.4) is 0 Å². The van der Waals surface area contributed by atoms with Gasteiger partial charge in [-0.2, -0.15) is 0 Å². The molecule has 0 aliphatic carbocycles. The van der Waals surface area contributed by atoms with E-state index >= 15 is 0 Å². The van der Waals surface area contributed by atoms with Gasteiger partial charge in [-0.15, -0.1) is 0 Å². The molecule has 0 atom stereocenters. The summed E-state index contributed by atoms with van der Waals surface area (Å²) >= 11 is 0. The van der Waals surface area contributed by atoms with Gasteiger partial charge in [-0.1, -0.05) is 35.4 Å². The van der Waals surface area contributed by atoms with Gasteiger partial charge in [-0.3, -0.25) is 4.79 Å². The number of carbonyl (C=O) groups excluding carboxylic acids is 1. The van der Waals surface area contributed by atoms with Crippen LogP contribution in [0.1, 0.15) is 16.7 Å². The van der Waals surface area contributed by atoms with Gasteiger partial charge >= 0.3 is 0 Å². The van der Waals surface area contributed by atoms with Crippen LogP contribution in [-0.2, 0) is 11.3 Å². The van der Waals surface area contributed by atoms with E-state index in [-0.39, 0.29) is 6.61 Å². The van der Waals surface area contributed by atoms with Crippen LogP contribution < -0.4 is 15.8 Å². The number of amides is 1. The Hall–Kier alpha value is -2.49. The number of carbonyl (C=O) groups is 1. The van der Waals surface area contributed by atoms with E-state index in [1.54, 1.807) is 6.07 Å². The number of rotatable bonds is 6. The van der Waals surface area contributed by atoms with E-state index in [9.17, 15) is 4.79 Å². The number of ether oxygens (including phenoxy) is 1. The zero-order valence-electron chi connectivity index (χ0n) is 12.3. The third-order valence-electron chi connectivity index (χ3n) is 2.99. The van der Waals surface area contributed by atoms with Gasteiger partial charge in [0.15, 0.2) is 6.61 Å². The number of hydrogen-bond donors (Lipinski definition) is 2. The molecule has 0 saturated carbocycles. The van der Waals surface area contributed by atoms with Crippen molar-refractivity contribution in [3.63, 3.8) is 0 Å². The van der Waals surface area contributed by atoms with Gasteiger partial charge in [-0.05, 0) is 31.5 Å². The maximum Gasteiger partial charge on any atom is 0.255 e. The monoisotopic (exact) mass is 284 g/mol. The fourth-order valence-corrected chi connectivity index (χ4v) is 2.23. The topological polar surface area (TPSA) is 64.3 Å². The Morgan fingerprint density at radius 2 is 1.86 bits per heavy atom. The number of nitrogens with one attached hydrogen (secondary N) is 1. The highest BCUT2D eigenvalue weighted by molar-refractivity contribution is 5.75. The molecule has 2 aromatic carbocycles. The molecule has 0 bridgehead atoms. The Balaban J connectivity index is 1.99. The molecule has 0 radical (unpaired) electrons. The minimum atomic E-state index is -0.483. The molecule has 1 amide bonds. The molecule has 0 fully saturated rings. The van der Waals surface area contributed by atoms with E-state index in [1.165, 1.54) is 16.7 Å². The van der Waals surface area contributed by atoms with Gasteiger partial charge in [0.05, 0.1) is 0 Å². The second kappa shape index (κ2) is 6.79. The predicted molar refractivity (Wildman–Crippen MR) is 84.4 cm³/mol. The largest absolute Gasteiger partial charge is 0.484 e. The van der Waals surface area contributed by atoms with Crippen molar-refractivity contribution in [3.05, 3.63) is 59.2 Å². The SMILES string of the molecule is Cc1cc(C)cc(CNc2cccc(OCC(N)=O)c2)c1. The van der Waals surface area contributed by atoms with Crippen LogP contribution in [0, 0.1) is 13.8 Å². The van der Waals surface area contributed by atoms with Gasteiger partial charge in [0.1, 0.15) is 5.75 Å². The summed E-state index contributed by atoms with van der Waals surface area (Å²) in [5.74, 6) is 0.142. The van der Waals surface area contributed by atoms with Crippen LogP contribution in [0.4, 0.5) is 5.69 Å². The quantitative estimate of drug-likeness (QED) is 0.857. The summed E-state index contributed by atoms with van der Waals surface area (Å²) in [4.78, 5) is 10.7. The molecular formula is C17H20N2O2. The second-order valence-electron chi connectivity index (χ2n) is 5.13. The number of benzene rings is 2. The molecule has 0 aliphatic rings. The third-order valence-corrected chi connectivity index (χ3v) is 2.99. The highest BCUT2D eigenvalue weighted by atomic mass is 16.5. The van der Waals surface area contributed by atoms with E-state index in [1.807, 2.05) is 18.2 Å². The maximum atomic E-state index is 10.7. The number of hydrogen-bond acceptors (Lipinski definition) is 3. The lowest BCUT2D eigenvalue weighted by molar-refractivity contribution is -0.119. The van der Waals surface area contributed by atoms with Crippen molar-refractivity contribution in [2.45, 2.75) is 20.4 Å². The molecule has 2 aromatic rings. The molecule has 0 saturated heterocycles. The molecule has 0 aliphatic heterocycles. The zero-order valence-corrected chi connectivity index (χ0v) is 12.3. The fraction of sp³-hybridized carbons (Fsp3) is 0.235. The van der Waals surface area contributed by atoms with Gasteiger partial charge in [0.2, 0.25) is 0 Å². The Bertz CT molecular complexity index is 618. The zero-order chi connectivity index (χ0) is 15.2. The molecule has 110 valence electrons. The van der Waals surface area contributed by atoms with E-state index in [0.717, 1.165) is 12.2 Å². The van der Waals surface area contributed by atoms with E-state index in [0.29, 0.717) is 5.75 Å². The maximum absolute atomic E-state index is 10.7. The first-order valence-corrected chi connectivity index (χ1v) is 6.85. The van der Waals surface area contributed by atoms with Gasteiger partial charge < -0.3 is 15.8 Å². The van der Waals surface area contributed by atoms with Crippen molar-refractivity contribution in [1.29, 1.82) is 0 Å². The van der Waals surface area contributed by atoms with Crippen molar-refractivity contribution in [2.24, 2.45) is 5.73 Å². The average Bonchev–Trinajstić information content (AvgIpc) is 2.42. The molecular weight excluding hydrogens is 264 g/mol. The van der Waals surface area contributed by atoms with E-state index < -0.39 is 5.91 Å². The second-order valence-corrected chi connectivity index (χ2v) is 5.13. The Kier molecular flexibility index (Phi) is 4.82. The first kappa shape index (κ1) is 14.9. The minimum Gasteiger partial charge on any atom is -0.484 e. The summed E-state index contributed by atoms with van der Waals surface area (Å²) < 4.78 is 5.28. The molecule has 4 nitrogen and oxygen atoms in total. The fourth-order valence-electron chi connectivity index (χ4n) is 2.23. The Morgan fingerprint density at radius 3 is 2.52 bits per heavy atom. The van der Waals surface area contributed by atoms with Crippen LogP contribution in [0.25, 0.3) is 0 Å². The highest BCUT2D eigenvalue weighted by Crippen LogP contribution is 2.18. The van der Waals surface area contributed by atoms with Gasteiger partial charge in [0.25, 0.3) is 5.91 Å². The minimum absolute atomic E-state index is 0.111. The number of primary amides is 1. The van der Waals surface area contributed by atoms with Crippen molar-refractivity contribution in [1.82, 2.24) is 0 Å². The molecule has 0 unspecified atom stereocenters. The summed E-state index contributed by atoms with van der Waals surface area (Å²) in [5, 5.41) is 3.35. The molecule has 4 heteroatoms. The smallest absolute Gasteiger partial charge is 0.255 e. The van der Waals surface area contributed by atoms with Crippen molar-refractivity contribution >= 4 is 11.6 Å². The summed E-state index contributed by atoms with van der Waals surface area (Å²) in [5.41, 5.74) is 9.74. The summed E-state index contributed by atoms with van der Waals surface area (Å²) in [7, 11) is 0. The first-order chi connectivity index (χ1) is 10.0. The van der Waals surface area contributed by atoms with Gasteiger partial charge in [0, 0.05) is 18.3 Å². The van der Waals surface area contributed by atoms with Crippen LogP contribution in [0.15, 0.2) is 42.5 Å². The average molecular weight is 284 g/mol. The lowest BCUT2D eigenvalue weighted by Gasteiger charge is -2.10. The van der Waals surface area contributed by atoms with Crippen molar-refractivity contribution < 1.29 is 9.53 Å². The molecule has 0 aromatic heterocycles. The summed E-state index contributed by atoms with van der Waals surface area (Å²) in [6, 6.07) is 14.0. The lowest BCUT2D eigenvalue weighted by Crippen LogP contribution is -2.20. The van der Waals surface area contributed by atoms with Crippen LogP contribution in [-0.4, -0.2) is 12.5 Å². The number of nitrogens with two attached hydrogens (primary N) is 1.